The molecule has 96 valence electrons. The summed E-state index contributed by atoms with van der Waals surface area (Å²) in [7, 11) is 0. The van der Waals surface area contributed by atoms with Crippen LogP contribution in [-0.2, 0) is 0 Å². The van der Waals surface area contributed by atoms with Crippen LogP contribution < -0.4 is 0 Å². The number of nitrogens with zero attached hydrogens (tertiary/aromatic N) is 1. The van der Waals surface area contributed by atoms with Crippen molar-refractivity contribution in [3.8, 4) is 0 Å². The highest BCUT2D eigenvalue weighted by Crippen LogP contribution is 2.32. The maximum Gasteiger partial charge on any atom is 0.167 e. The van der Waals surface area contributed by atoms with Crippen LogP contribution in [0.15, 0.2) is 30.3 Å². The Bertz CT molecular complexity index is 412. The molecule has 3 rings (SSSR count). The van der Waals surface area contributed by atoms with E-state index in [0.29, 0.717) is 11.8 Å². The van der Waals surface area contributed by atoms with Crippen molar-refractivity contribution in [2.45, 2.75) is 38.1 Å². The van der Waals surface area contributed by atoms with Crippen molar-refractivity contribution < 1.29 is 4.79 Å². The second-order valence-electron chi connectivity index (χ2n) is 5.58. The summed E-state index contributed by atoms with van der Waals surface area (Å²) in [5.74, 6) is 0.605. The van der Waals surface area contributed by atoms with Crippen molar-refractivity contribution in [2.24, 2.45) is 5.92 Å². The van der Waals surface area contributed by atoms with Crippen molar-refractivity contribution in [2.75, 3.05) is 13.1 Å². The molecule has 1 aromatic rings. The molecule has 1 aromatic carbocycles. The van der Waals surface area contributed by atoms with Gasteiger partial charge in [0.1, 0.15) is 0 Å². The predicted octanol–water partition coefficient (Wildman–Crippen LogP) is 3.13. The van der Waals surface area contributed by atoms with Crippen LogP contribution in [0.5, 0.6) is 0 Å². The van der Waals surface area contributed by atoms with E-state index in [2.05, 4.69) is 4.90 Å². The molecule has 2 atom stereocenters. The minimum absolute atomic E-state index is 0.237. The summed E-state index contributed by atoms with van der Waals surface area (Å²) in [6.45, 7) is 2.40. The average molecular weight is 243 g/mol. The number of ketones is 1. The zero-order valence-corrected chi connectivity index (χ0v) is 10.8. The first-order chi connectivity index (χ1) is 8.86. The summed E-state index contributed by atoms with van der Waals surface area (Å²) in [5, 5.41) is 0. The van der Waals surface area contributed by atoms with Crippen LogP contribution >= 0.6 is 0 Å². The molecule has 0 aromatic heterocycles. The van der Waals surface area contributed by atoms with Gasteiger partial charge >= 0.3 is 0 Å². The monoisotopic (exact) mass is 243 g/mol. The largest absolute Gasteiger partial charge is 0.300 e. The second-order valence-corrected chi connectivity index (χ2v) is 5.58. The first kappa shape index (κ1) is 11.9. The summed E-state index contributed by atoms with van der Waals surface area (Å²) in [5.41, 5.74) is 0.898. The topological polar surface area (TPSA) is 20.3 Å². The van der Waals surface area contributed by atoms with Gasteiger partial charge in [0.2, 0.25) is 0 Å². The fourth-order valence-electron chi connectivity index (χ4n) is 3.58. The Kier molecular flexibility index (Phi) is 3.46. The lowest BCUT2D eigenvalue weighted by Gasteiger charge is -2.43. The molecule has 0 spiro atoms. The zero-order chi connectivity index (χ0) is 12.4. The molecule has 0 amide bonds. The molecule has 2 saturated heterocycles. The van der Waals surface area contributed by atoms with Crippen molar-refractivity contribution in [3.63, 3.8) is 0 Å². The Labute approximate surface area is 109 Å². The van der Waals surface area contributed by atoms with E-state index in [1.165, 1.54) is 38.8 Å². The number of fused-ring (bicyclic) bond motifs is 1. The first-order valence-electron chi connectivity index (χ1n) is 7.19. The van der Waals surface area contributed by atoms with E-state index < -0.39 is 0 Å². The fourth-order valence-corrected chi connectivity index (χ4v) is 3.58. The van der Waals surface area contributed by atoms with Crippen LogP contribution in [-0.4, -0.2) is 29.8 Å². The van der Waals surface area contributed by atoms with Gasteiger partial charge < -0.3 is 0 Å². The third-order valence-electron chi connectivity index (χ3n) is 4.48. The number of hydrogen-bond donors (Lipinski definition) is 0. The molecule has 2 fully saturated rings. The summed E-state index contributed by atoms with van der Waals surface area (Å²) in [4.78, 5) is 15.2. The molecule has 0 aliphatic carbocycles. The molecule has 0 N–H and O–H groups in total. The first-order valence-corrected chi connectivity index (χ1v) is 7.19. The summed E-state index contributed by atoms with van der Waals surface area (Å²) < 4.78 is 0. The Morgan fingerprint density at radius 1 is 1.00 bits per heavy atom. The van der Waals surface area contributed by atoms with Gasteiger partial charge in [-0.25, -0.2) is 0 Å². The molecule has 0 bridgehead atoms. The Balaban J connectivity index is 1.80. The molecule has 2 heteroatoms. The Hall–Kier alpha value is -1.15. The zero-order valence-electron chi connectivity index (χ0n) is 10.8. The van der Waals surface area contributed by atoms with Gasteiger partial charge in [-0.05, 0) is 38.8 Å². The highest BCUT2D eigenvalue weighted by Gasteiger charge is 2.37. The lowest BCUT2D eigenvalue weighted by Crippen LogP contribution is -2.50. The summed E-state index contributed by atoms with van der Waals surface area (Å²) >= 11 is 0. The Morgan fingerprint density at radius 2 is 1.78 bits per heavy atom. The number of carbonyl (C=O) groups is 1. The van der Waals surface area contributed by atoms with E-state index in [-0.39, 0.29) is 5.92 Å². The van der Waals surface area contributed by atoms with Gasteiger partial charge in [0.05, 0.1) is 0 Å². The predicted molar refractivity (Wildman–Crippen MR) is 72.7 cm³/mol. The number of hydrogen-bond acceptors (Lipinski definition) is 2. The molecular weight excluding hydrogens is 222 g/mol. The number of rotatable bonds is 2. The normalized spacial score (nSPS) is 28.7. The number of Topliss-reactive ketones (excluding diaryl/α,β-unsaturated/α-hetero) is 1. The van der Waals surface area contributed by atoms with Crippen molar-refractivity contribution in [1.29, 1.82) is 0 Å². The molecule has 2 heterocycles. The van der Waals surface area contributed by atoms with Crippen molar-refractivity contribution in [3.05, 3.63) is 35.9 Å². The quantitative estimate of drug-likeness (QED) is 0.744. The third-order valence-corrected chi connectivity index (χ3v) is 4.48. The van der Waals surface area contributed by atoms with Crippen LogP contribution in [0.3, 0.4) is 0 Å². The van der Waals surface area contributed by atoms with Gasteiger partial charge in [-0.3, -0.25) is 9.69 Å². The summed E-state index contributed by atoms with van der Waals surface area (Å²) in [6.07, 6.45) is 6.07. The average Bonchev–Trinajstić information content (AvgIpc) is 2.47. The fraction of sp³-hybridized carbons (Fsp3) is 0.562. The van der Waals surface area contributed by atoms with Crippen molar-refractivity contribution >= 4 is 5.78 Å². The second kappa shape index (κ2) is 5.23. The highest BCUT2D eigenvalue weighted by molar-refractivity contribution is 5.98. The van der Waals surface area contributed by atoms with E-state index in [1.54, 1.807) is 0 Å². The molecule has 2 aliphatic heterocycles. The lowest BCUT2D eigenvalue weighted by molar-refractivity contribution is 0.0479. The number of piperidine rings is 2. The van der Waals surface area contributed by atoms with Gasteiger partial charge in [0, 0.05) is 17.5 Å². The van der Waals surface area contributed by atoms with E-state index >= 15 is 0 Å². The van der Waals surface area contributed by atoms with E-state index in [0.717, 1.165) is 12.0 Å². The standard InChI is InChI=1S/C16H21NO/c18-16(13-7-2-1-3-8-13)14-9-6-12-17-11-5-4-10-15(14)17/h1-3,7-8,14-15H,4-6,9-12H2/t14-,15+/m0/s1. The molecule has 0 unspecified atom stereocenters. The smallest absolute Gasteiger partial charge is 0.167 e. The maximum absolute atomic E-state index is 12.6. The molecule has 2 aliphatic rings. The van der Waals surface area contributed by atoms with Gasteiger partial charge in [0.15, 0.2) is 5.78 Å². The van der Waals surface area contributed by atoms with E-state index in [4.69, 9.17) is 0 Å². The van der Waals surface area contributed by atoms with Gasteiger partial charge in [-0.15, -0.1) is 0 Å². The third kappa shape index (κ3) is 2.22. The van der Waals surface area contributed by atoms with Gasteiger partial charge in [-0.1, -0.05) is 36.8 Å². The van der Waals surface area contributed by atoms with Crippen LogP contribution in [0.25, 0.3) is 0 Å². The minimum atomic E-state index is 0.237. The van der Waals surface area contributed by atoms with Crippen molar-refractivity contribution in [1.82, 2.24) is 4.90 Å². The lowest BCUT2D eigenvalue weighted by atomic mass is 9.79. The van der Waals surface area contributed by atoms with E-state index in [1.807, 2.05) is 30.3 Å². The maximum atomic E-state index is 12.6. The molecule has 0 radical (unpaired) electrons. The molecule has 18 heavy (non-hydrogen) atoms. The van der Waals surface area contributed by atoms with E-state index in [9.17, 15) is 4.79 Å². The SMILES string of the molecule is O=C(c1ccccc1)[C@H]1CCCN2CCCC[C@H]12. The number of benzene rings is 1. The van der Waals surface area contributed by atoms with Crippen LogP contribution in [0.1, 0.15) is 42.5 Å². The molecule has 0 saturated carbocycles. The molecule has 2 nitrogen and oxygen atoms in total. The van der Waals surface area contributed by atoms with Gasteiger partial charge in [-0.2, -0.15) is 0 Å². The van der Waals surface area contributed by atoms with Crippen LogP contribution in [0.4, 0.5) is 0 Å². The van der Waals surface area contributed by atoms with Crippen LogP contribution in [0.2, 0.25) is 0 Å². The van der Waals surface area contributed by atoms with Gasteiger partial charge in [0.25, 0.3) is 0 Å². The number of carbonyl (C=O) groups excluding carboxylic acids is 1. The minimum Gasteiger partial charge on any atom is -0.300 e. The molecular formula is C16H21NO. The Morgan fingerprint density at radius 3 is 2.61 bits per heavy atom. The highest BCUT2D eigenvalue weighted by atomic mass is 16.1. The van der Waals surface area contributed by atoms with Crippen LogP contribution in [0, 0.1) is 5.92 Å². The summed E-state index contributed by atoms with van der Waals surface area (Å²) in [6, 6.07) is 10.3.